The molecule has 3 heterocycles. The van der Waals surface area contributed by atoms with Gasteiger partial charge in [0.05, 0.1) is 11.1 Å². The average molecular weight is 567 g/mol. The van der Waals surface area contributed by atoms with E-state index in [0.29, 0.717) is 25.1 Å². The number of benzene rings is 1. The van der Waals surface area contributed by atoms with E-state index in [0.717, 1.165) is 6.07 Å². The van der Waals surface area contributed by atoms with Gasteiger partial charge in [0.25, 0.3) is 0 Å². The number of nitrogens with zero attached hydrogens (tertiary/aromatic N) is 4. The number of pyridine rings is 1. The van der Waals surface area contributed by atoms with Crippen molar-refractivity contribution in [1.82, 2.24) is 35.6 Å². The third kappa shape index (κ3) is 5.70. The summed E-state index contributed by atoms with van der Waals surface area (Å²) >= 11 is 0. The van der Waals surface area contributed by atoms with Crippen LogP contribution >= 0.6 is 24.8 Å². The number of hydrogen-bond acceptors (Lipinski definition) is 11. The van der Waals surface area contributed by atoms with Gasteiger partial charge < -0.3 is 16.8 Å². The highest BCUT2D eigenvalue weighted by atomic mass is 35.5. The third-order valence-electron chi connectivity index (χ3n) is 5.35. The van der Waals surface area contributed by atoms with Crippen LogP contribution in [0.3, 0.4) is 0 Å². The SMILES string of the molecule is Cl.Cl.NC[C@]1(NS(=O)(=O)c2ccc(-c3ccc(N)nc3)c(-c3nn[nH]n3)c2S(N)(=O)=O)CCNC1. The van der Waals surface area contributed by atoms with Crippen LogP contribution in [0.1, 0.15) is 6.42 Å². The maximum absolute atomic E-state index is 13.4. The van der Waals surface area contributed by atoms with Crippen molar-refractivity contribution in [1.29, 1.82) is 0 Å². The maximum Gasteiger partial charge on any atom is 0.242 e. The third-order valence-corrected chi connectivity index (χ3v) is 8.09. The van der Waals surface area contributed by atoms with Crippen LogP contribution in [-0.4, -0.2) is 67.6 Å². The number of H-pyrrole nitrogens is 1. The van der Waals surface area contributed by atoms with Crippen LogP contribution in [0.25, 0.3) is 22.5 Å². The largest absolute Gasteiger partial charge is 0.384 e. The molecule has 0 unspecified atom stereocenters. The summed E-state index contributed by atoms with van der Waals surface area (Å²) in [6.45, 7) is 0.857. The number of primary sulfonamides is 1. The molecule has 1 aromatic carbocycles. The summed E-state index contributed by atoms with van der Waals surface area (Å²) in [4.78, 5) is 2.78. The van der Waals surface area contributed by atoms with Crippen LogP contribution in [0.4, 0.5) is 5.82 Å². The first-order valence-electron chi connectivity index (χ1n) is 9.67. The van der Waals surface area contributed by atoms with Crippen LogP contribution in [-0.2, 0) is 20.0 Å². The average Bonchev–Trinajstić information content (AvgIpc) is 3.45. The number of nitrogen functional groups attached to an aromatic ring is 1. The van der Waals surface area contributed by atoms with Gasteiger partial charge in [0.2, 0.25) is 25.9 Å². The van der Waals surface area contributed by atoms with E-state index in [4.69, 9.17) is 16.6 Å². The number of nitrogens with two attached hydrogens (primary N) is 3. The normalized spacial score (nSPS) is 18.0. The second kappa shape index (κ2) is 10.7. The molecule has 4 rings (SSSR count). The van der Waals surface area contributed by atoms with Crippen molar-refractivity contribution in [3.63, 3.8) is 0 Å². The molecule has 0 aliphatic carbocycles. The van der Waals surface area contributed by atoms with Gasteiger partial charge in [0.1, 0.15) is 15.6 Å². The number of rotatable bonds is 7. The number of nitrogens with one attached hydrogen (secondary N) is 3. The molecule has 0 spiro atoms. The van der Waals surface area contributed by atoms with Crippen molar-refractivity contribution in [2.24, 2.45) is 10.9 Å². The standard InChI is InChI=1S/C17H22N10O4S2.2ClH/c18-8-17(5-6-21-9-17)25-33(30,31)12-3-2-11(10-1-4-13(19)22-7-10)14(15(12)32(20,28)29)16-23-26-27-24-16;;/h1-4,7,21,25H,5-6,8-9,18H2,(H2,19,22)(H2,20,28,29)(H,23,24,26,27);2*1H/t17-;;/m1../s1. The summed E-state index contributed by atoms with van der Waals surface area (Å²) in [6, 6.07) is 5.68. The van der Waals surface area contributed by atoms with E-state index in [-0.39, 0.29) is 54.1 Å². The fraction of sp³-hybridized carbons (Fsp3) is 0.294. The minimum Gasteiger partial charge on any atom is -0.384 e. The molecule has 1 aliphatic rings. The van der Waals surface area contributed by atoms with E-state index in [2.05, 4.69) is 35.6 Å². The highest BCUT2D eigenvalue weighted by Crippen LogP contribution is 2.39. The zero-order chi connectivity index (χ0) is 23.9. The molecule has 0 saturated carbocycles. The Bertz CT molecular complexity index is 1380. The van der Waals surface area contributed by atoms with Crippen molar-refractivity contribution in [3.8, 4) is 22.5 Å². The van der Waals surface area contributed by atoms with Crippen LogP contribution in [0.5, 0.6) is 0 Å². The van der Waals surface area contributed by atoms with E-state index in [1.54, 1.807) is 6.07 Å². The lowest BCUT2D eigenvalue weighted by atomic mass is 10.0. The predicted molar refractivity (Wildman–Crippen MR) is 133 cm³/mol. The predicted octanol–water partition coefficient (Wildman–Crippen LogP) is -1.03. The van der Waals surface area contributed by atoms with Gasteiger partial charge in [-0.1, -0.05) is 6.07 Å². The van der Waals surface area contributed by atoms with E-state index < -0.39 is 35.4 Å². The number of aromatic amines is 1. The Balaban J connectivity index is 0.00000216. The monoisotopic (exact) mass is 566 g/mol. The summed E-state index contributed by atoms with van der Waals surface area (Å²) < 4.78 is 54.9. The zero-order valence-electron chi connectivity index (χ0n) is 18.0. The van der Waals surface area contributed by atoms with Crippen molar-refractivity contribution >= 4 is 50.7 Å². The number of aromatic nitrogens is 5. The highest BCUT2D eigenvalue weighted by Gasteiger charge is 2.40. The number of tetrazole rings is 1. The second-order valence-corrected chi connectivity index (χ2v) is 10.7. The van der Waals surface area contributed by atoms with Crippen molar-refractivity contribution < 1.29 is 16.8 Å². The van der Waals surface area contributed by atoms with Gasteiger partial charge in [0.15, 0.2) is 0 Å². The first-order valence-corrected chi connectivity index (χ1v) is 12.7. The smallest absolute Gasteiger partial charge is 0.242 e. The van der Waals surface area contributed by atoms with Crippen LogP contribution < -0.4 is 26.6 Å². The summed E-state index contributed by atoms with van der Waals surface area (Å²) in [7, 11) is -9.00. The summed E-state index contributed by atoms with van der Waals surface area (Å²) in [5, 5.41) is 22.0. The van der Waals surface area contributed by atoms with Gasteiger partial charge in [-0.3, -0.25) is 0 Å². The molecular weight excluding hydrogens is 543 g/mol. The Hall–Kier alpha value is -2.44. The molecule has 1 atom stereocenters. The summed E-state index contributed by atoms with van der Waals surface area (Å²) in [5.74, 6) is 0.0751. The summed E-state index contributed by atoms with van der Waals surface area (Å²) in [6.07, 6.45) is 1.83. The Morgan fingerprint density at radius 3 is 2.37 bits per heavy atom. The Kier molecular flexibility index (Phi) is 8.78. The molecule has 18 heteroatoms. The molecule has 2 aromatic heterocycles. The molecule has 9 N–H and O–H groups in total. The number of halogens is 2. The quantitative estimate of drug-likeness (QED) is 0.202. The Labute approximate surface area is 213 Å². The second-order valence-electron chi connectivity index (χ2n) is 7.58. The molecule has 1 aliphatic heterocycles. The highest BCUT2D eigenvalue weighted by molar-refractivity contribution is 7.92. The van der Waals surface area contributed by atoms with Gasteiger partial charge in [-0.2, -0.15) is 5.21 Å². The molecule has 0 bridgehead atoms. The van der Waals surface area contributed by atoms with Crippen LogP contribution in [0, 0.1) is 0 Å². The van der Waals surface area contributed by atoms with Gasteiger partial charge in [-0.15, -0.1) is 35.0 Å². The van der Waals surface area contributed by atoms with Crippen molar-refractivity contribution in [2.45, 2.75) is 21.8 Å². The minimum absolute atomic E-state index is 0. The number of hydrogen-bond donors (Lipinski definition) is 6. The van der Waals surface area contributed by atoms with E-state index in [9.17, 15) is 16.8 Å². The van der Waals surface area contributed by atoms with Crippen molar-refractivity contribution in [3.05, 3.63) is 30.5 Å². The molecule has 0 amide bonds. The molecule has 1 saturated heterocycles. The molecular formula is C17H24Cl2N10O4S2. The van der Waals surface area contributed by atoms with Gasteiger partial charge in [-0.25, -0.2) is 31.7 Å². The van der Waals surface area contributed by atoms with Crippen LogP contribution in [0.15, 0.2) is 40.3 Å². The van der Waals surface area contributed by atoms with Crippen LogP contribution in [0.2, 0.25) is 0 Å². The first kappa shape index (κ1) is 28.8. The van der Waals surface area contributed by atoms with Gasteiger partial charge >= 0.3 is 0 Å². The molecule has 192 valence electrons. The molecule has 14 nitrogen and oxygen atoms in total. The number of sulfonamides is 2. The molecule has 35 heavy (non-hydrogen) atoms. The first-order chi connectivity index (χ1) is 15.6. The Morgan fingerprint density at radius 2 is 1.86 bits per heavy atom. The molecule has 0 radical (unpaired) electrons. The molecule has 3 aromatic rings. The van der Waals surface area contributed by atoms with E-state index >= 15 is 0 Å². The lowest BCUT2D eigenvalue weighted by Crippen LogP contribution is -2.55. The Morgan fingerprint density at radius 1 is 1.11 bits per heavy atom. The number of anilines is 1. The van der Waals surface area contributed by atoms with Gasteiger partial charge in [0, 0.05) is 24.8 Å². The fourth-order valence-electron chi connectivity index (χ4n) is 3.74. The molecule has 1 fully saturated rings. The lowest BCUT2D eigenvalue weighted by Gasteiger charge is -2.28. The van der Waals surface area contributed by atoms with Crippen molar-refractivity contribution in [2.75, 3.05) is 25.4 Å². The topological polar surface area (TPSA) is 238 Å². The lowest BCUT2D eigenvalue weighted by molar-refractivity contribution is 0.422. The fourth-order valence-corrected chi connectivity index (χ4v) is 6.78. The maximum atomic E-state index is 13.4. The van der Waals surface area contributed by atoms with E-state index in [1.165, 1.54) is 18.3 Å². The van der Waals surface area contributed by atoms with E-state index in [1.807, 2.05) is 0 Å². The zero-order valence-corrected chi connectivity index (χ0v) is 21.3. The summed E-state index contributed by atoms with van der Waals surface area (Å²) in [5.41, 5.74) is 11.1. The minimum atomic E-state index is -4.60. The van der Waals surface area contributed by atoms with Gasteiger partial charge in [-0.05, 0) is 41.9 Å².